The summed E-state index contributed by atoms with van der Waals surface area (Å²) >= 11 is 0. The Morgan fingerprint density at radius 3 is 2.80 bits per heavy atom. The van der Waals surface area contributed by atoms with E-state index in [1.165, 1.54) is 12.1 Å². The molecule has 2 aliphatic rings. The predicted molar refractivity (Wildman–Crippen MR) is 76.0 cm³/mol. The SMILES string of the molecule is O=C(NC1CCCNC1)C1(c2cccc(F)c2)CCC1. The van der Waals surface area contributed by atoms with Crippen LogP contribution in [0, 0.1) is 5.82 Å². The number of carbonyl (C=O) groups excluding carboxylic acids is 1. The molecule has 4 heteroatoms. The highest BCUT2D eigenvalue weighted by atomic mass is 19.1. The quantitative estimate of drug-likeness (QED) is 0.888. The van der Waals surface area contributed by atoms with E-state index in [0.717, 1.165) is 50.8 Å². The van der Waals surface area contributed by atoms with E-state index in [9.17, 15) is 9.18 Å². The second kappa shape index (κ2) is 5.52. The van der Waals surface area contributed by atoms with Gasteiger partial charge < -0.3 is 10.6 Å². The van der Waals surface area contributed by atoms with Crippen molar-refractivity contribution in [2.45, 2.75) is 43.6 Å². The molecule has 1 aliphatic heterocycles. The number of hydrogen-bond donors (Lipinski definition) is 2. The molecule has 108 valence electrons. The summed E-state index contributed by atoms with van der Waals surface area (Å²) in [7, 11) is 0. The molecule has 3 nitrogen and oxygen atoms in total. The molecule has 2 N–H and O–H groups in total. The van der Waals surface area contributed by atoms with Gasteiger partial charge in [0.2, 0.25) is 5.91 Å². The number of hydrogen-bond acceptors (Lipinski definition) is 2. The Bertz CT molecular complexity index is 493. The lowest BCUT2D eigenvalue weighted by molar-refractivity contribution is -0.130. The highest BCUT2D eigenvalue weighted by molar-refractivity contribution is 5.89. The Hall–Kier alpha value is -1.42. The van der Waals surface area contributed by atoms with Crippen LogP contribution in [0.2, 0.25) is 0 Å². The topological polar surface area (TPSA) is 41.1 Å². The van der Waals surface area contributed by atoms with Crippen LogP contribution in [0.15, 0.2) is 24.3 Å². The molecule has 1 amide bonds. The van der Waals surface area contributed by atoms with Gasteiger partial charge in [-0.15, -0.1) is 0 Å². The molecular formula is C16H21FN2O. The van der Waals surface area contributed by atoms with Crippen LogP contribution in [0.3, 0.4) is 0 Å². The van der Waals surface area contributed by atoms with Crippen molar-refractivity contribution in [1.82, 2.24) is 10.6 Å². The molecule has 0 radical (unpaired) electrons. The predicted octanol–water partition coefficient (Wildman–Crippen LogP) is 2.12. The summed E-state index contributed by atoms with van der Waals surface area (Å²) in [6.45, 7) is 1.87. The van der Waals surface area contributed by atoms with Gasteiger partial charge in [-0.2, -0.15) is 0 Å². The fourth-order valence-corrected chi connectivity index (χ4v) is 3.26. The van der Waals surface area contributed by atoms with Crippen LogP contribution < -0.4 is 10.6 Å². The summed E-state index contributed by atoms with van der Waals surface area (Å²) in [5.74, 6) is -0.191. The summed E-state index contributed by atoms with van der Waals surface area (Å²) in [5, 5.41) is 6.46. The molecule has 1 unspecified atom stereocenters. The molecule has 1 atom stereocenters. The van der Waals surface area contributed by atoms with Crippen molar-refractivity contribution in [1.29, 1.82) is 0 Å². The summed E-state index contributed by atoms with van der Waals surface area (Å²) < 4.78 is 13.4. The Balaban J connectivity index is 1.76. The van der Waals surface area contributed by atoms with E-state index in [1.807, 2.05) is 6.07 Å². The first-order valence-electron chi connectivity index (χ1n) is 7.48. The summed E-state index contributed by atoms with van der Waals surface area (Å²) in [6, 6.07) is 6.72. The molecule has 0 spiro atoms. The molecule has 2 fully saturated rings. The summed E-state index contributed by atoms with van der Waals surface area (Å²) in [5.41, 5.74) is 0.324. The average molecular weight is 276 g/mol. The van der Waals surface area contributed by atoms with Gasteiger partial charge in [0.15, 0.2) is 0 Å². The lowest BCUT2D eigenvalue weighted by Gasteiger charge is -2.42. The third-order valence-corrected chi connectivity index (χ3v) is 4.65. The second-order valence-corrected chi connectivity index (χ2v) is 5.96. The molecule has 0 aromatic heterocycles. The van der Waals surface area contributed by atoms with Crippen LogP contribution in [-0.2, 0) is 10.2 Å². The van der Waals surface area contributed by atoms with Crippen molar-refractivity contribution >= 4 is 5.91 Å². The number of nitrogens with one attached hydrogen (secondary N) is 2. The first-order valence-corrected chi connectivity index (χ1v) is 7.48. The van der Waals surface area contributed by atoms with Crippen LogP contribution in [0.5, 0.6) is 0 Å². The van der Waals surface area contributed by atoms with Crippen LogP contribution in [0.4, 0.5) is 4.39 Å². The highest BCUT2D eigenvalue weighted by Crippen LogP contribution is 2.44. The number of benzene rings is 1. The molecule has 20 heavy (non-hydrogen) atoms. The number of halogens is 1. The molecule has 0 bridgehead atoms. The van der Waals surface area contributed by atoms with Crippen molar-refractivity contribution in [2.75, 3.05) is 13.1 Å². The normalized spacial score (nSPS) is 24.8. The molecule has 1 aliphatic carbocycles. The molecule has 1 aromatic rings. The van der Waals surface area contributed by atoms with Gasteiger partial charge in [-0.3, -0.25) is 4.79 Å². The molecule has 1 aromatic carbocycles. The van der Waals surface area contributed by atoms with E-state index < -0.39 is 5.41 Å². The van der Waals surface area contributed by atoms with Gasteiger partial charge in [0.1, 0.15) is 5.82 Å². The zero-order chi connectivity index (χ0) is 14.0. The maximum Gasteiger partial charge on any atom is 0.230 e. The van der Waals surface area contributed by atoms with E-state index in [0.29, 0.717) is 0 Å². The highest BCUT2D eigenvalue weighted by Gasteiger charge is 2.46. The minimum Gasteiger partial charge on any atom is -0.351 e. The Morgan fingerprint density at radius 1 is 1.35 bits per heavy atom. The third-order valence-electron chi connectivity index (χ3n) is 4.65. The molecule has 1 saturated heterocycles. The Kier molecular flexibility index (Phi) is 3.74. The standard InChI is InChI=1S/C16H21FN2O/c17-13-5-1-4-12(10-13)16(7-3-8-16)15(20)19-14-6-2-9-18-11-14/h1,4-5,10,14,18H,2-3,6-9,11H2,(H,19,20). The minimum absolute atomic E-state index is 0.0723. The fourth-order valence-electron chi connectivity index (χ4n) is 3.26. The van der Waals surface area contributed by atoms with Crippen molar-refractivity contribution in [3.8, 4) is 0 Å². The number of carbonyl (C=O) groups is 1. The third kappa shape index (κ3) is 2.44. The van der Waals surface area contributed by atoms with Gasteiger partial charge in [-0.25, -0.2) is 4.39 Å². The molecule has 3 rings (SSSR count). The monoisotopic (exact) mass is 276 g/mol. The van der Waals surface area contributed by atoms with Crippen molar-refractivity contribution in [2.24, 2.45) is 0 Å². The van der Waals surface area contributed by atoms with E-state index in [2.05, 4.69) is 10.6 Å². The van der Waals surface area contributed by atoms with Crippen molar-refractivity contribution in [3.63, 3.8) is 0 Å². The lowest BCUT2D eigenvalue weighted by atomic mass is 9.63. The van der Waals surface area contributed by atoms with Crippen LogP contribution in [0.25, 0.3) is 0 Å². The minimum atomic E-state index is -0.500. The maximum absolute atomic E-state index is 13.4. The van der Waals surface area contributed by atoms with Crippen molar-refractivity contribution < 1.29 is 9.18 Å². The maximum atomic E-state index is 13.4. The van der Waals surface area contributed by atoms with E-state index >= 15 is 0 Å². The second-order valence-electron chi connectivity index (χ2n) is 5.96. The number of piperidine rings is 1. The zero-order valence-corrected chi connectivity index (χ0v) is 11.6. The van der Waals surface area contributed by atoms with Crippen LogP contribution in [0.1, 0.15) is 37.7 Å². The van der Waals surface area contributed by atoms with Gasteiger partial charge in [0, 0.05) is 12.6 Å². The lowest BCUT2D eigenvalue weighted by Crippen LogP contribution is -2.55. The zero-order valence-electron chi connectivity index (χ0n) is 11.6. The van der Waals surface area contributed by atoms with E-state index in [-0.39, 0.29) is 17.8 Å². The molecule has 1 heterocycles. The fraction of sp³-hybridized carbons (Fsp3) is 0.562. The smallest absolute Gasteiger partial charge is 0.230 e. The summed E-state index contributed by atoms with van der Waals surface area (Å²) in [6.07, 6.45) is 4.80. The van der Waals surface area contributed by atoms with Gasteiger partial charge >= 0.3 is 0 Å². The summed E-state index contributed by atoms with van der Waals surface area (Å²) in [4.78, 5) is 12.7. The van der Waals surface area contributed by atoms with Crippen LogP contribution in [-0.4, -0.2) is 25.0 Å². The molecular weight excluding hydrogens is 255 g/mol. The Labute approximate surface area is 118 Å². The van der Waals surface area contributed by atoms with Gasteiger partial charge in [0.25, 0.3) is 0 Å². The van der Waals surface area contributed by atoms with Crippen molar-refractivity contribution in [3.05, 3.63) is 35.6 Å². The number of amides is 1. The largest absolute Gasteiger partial charge is 0.351 e. The molecule has 1 saturated carbocycles. The van der Waals surface area contributed by atoms with Gasteiger partial charge in [0.05, 0.1) is 5.41 Å². The first kappa shape index (κ1) is 13.6. The van der Waals surface area contributed by atoms with Gasteiger partial charge in [-0.1, -0.05) is 18.6 Å². The first-order chi connectivity index (χ1) is 9.71. The van der Waals surface area contributed by atoms with Crippen LogP contribution >= 0.6 is 0 Å². The van der Waals surface area contributed by atoms with E-state index in [4.69, 9.17) is 0 Å². The number of rotatable bonds is 3. The Morgan fingerprint density at radius 2 is 2.20 bits per heavy atom. The van der Waals surface area contributed by atoms with E-state index in [1.54, 1.807) is 6.07 Å². The van der Waals surface area contributed by atoms with Gasteiger partial charge in [-0.05, 0) is 49.9 Å². The average Bonchev–Trinajstić information content (AvgIpc) is 2.38.